The average Bonchev–Trinajstić information content (AvgIpc) is 3.31. The number of hydrogen-bond acceptors (Lipinski definition) is 6. The van der Waals surface area contributed by atoms with Crippen LogP contribution in [0.5, 0.6) is 0 Å². The molecule has 7 nitrogen and oxygen atoms in total. The van der Waals surface area contributed by atoms with Crippen molar-refractivity contribution in [1.29, 1.82) is 0 Å². The predicted molar refractivity (Wildman–Crippen MR) is 145 cm³/mol. The van der Waals surface area contributed by atoms with Gasteiger partial charge >= 0.3 is 12.4 Å². The van der Waals surface area contributed by atoms with Crippen LogP contribution < -0.4 is 9.80 Å². The van der Waals surface area contributed by atoms with Crippen molar-refractivity contribution in [2.24, 2.45) is 7.05 Å². The third-order valence-electron chi connectivity index (χ3n) is 7.40. The molecule has 2 aromatic carbocycles. The molecule has 5 rings (SSSR count). The summed E-state index contributed by atoms with van der Waals surface area (Å²) in [6.07, 6.45) is -5.10. The van der Waals surface area contributed by atoms with Crippen LogP contribution in [0, 0.1) is 6.92 Å². The van der Waals surface area contributed by atoms with Crippen molar-refractivity contribution >= 4 is 11.6 Å². The Labute approximate surface area is 242 Å². The summed E-state index contributed by atoms with van der Waals surface area (Å²) in [5, 5.41) is 12.3. The maximum atomic E-state index is 14.1. The van der Waals surface area contributed by atoms with Gasteiger partial charge in [0.2, 0.25) is 0 Å². The highest BCUT2D eigenvalue weighted by atomic mass is 19.4. The molecule has 0 spiro atoms. The zero-order valence-corrected chi connectivity index (χ0v) is 23.3. The molecule has 0 aliphatic carbocycles. The lowest BCUT2D eigenvalue weighted by atomic mass is 9.94. The SMILES string of the molecule is Cc1cc2c(cc1C(F)(F)F)N(Cc1cccnc1)CCC[C@@H]2N(Cc1cc(CF)cc(C(F)(F)F)c1)c1nnn(C)n1. The molecule has 0 fully saturated rings. The lowest BCUT2D eigenvalue weighted by Crippen LogP contribution is -2.30. The fraction of sp³-hybridized carbons (Fsp3) is 0.379. The van der Waals surface area contributed by atoms with E-state index in [9.17, 15) is 30.7 Å². The third-order valence-corrected chi connectivity index (χ3v) is 7.40. The fourth-order valence-corrected chi connectivity index (χ4v) is 5.52. The van der Waals surface area contributed by atoms with Crippen LogP contribution >= 0.6 is 0 Å². The van der Waals surface area contributed by atoms with Crippen molar-refractivity contribution < 1.29 is 30.7 Å². The molecule has 0 N–H and O–H groups in total. The maximum absolute atomic E-state index is 14.1. The summed E-state index contributed by atoms with van der Waals surface area (Å²) in [4.78, 5) is 8.79. The van der Waals surface area contributed by atoms with Crippen LogP contribution in [0.3, 0.4) is 0 Å². The Bertz CT molecular complexity index is 1570. The van der Waals surface area contributed by atoms with Gasteiger partial charge in [-0.1, -0.05) is 23.3 Å². The topological polar surface area (TPSA) is 63.0 Å². The number of aryl methyl sites for hydroxylation is 2. The van der Waals surface area contributed by atoms with E-state index in [2.05, 4.69) is 20.4 Å². The number of halogens is 7. The highest BCUT2D eigenvalue weighted by Gasteiger charge is 2.37. The number of tetrazole rings is 1. The highest BCUT2D eigenvalue weighted by Crippen LogP contribution is 2.44. The normalized spacial score (nSPS) is 15.7. The Morgan fingerprint density at radius 2 is 1.74 bits per heavy atom. The summed E-state index contributed by atoms with van der Waals surface area (Å²) in [5.74, 6) is 0.0796. The monoisotopic (exact) mass is 607 g/mol. The number of anilines is 2. The Morgan fingerprint density at radius 3 is 2.37 bits per heavy atom. The molecule has 3 heterocycles. The number of fused-ring (bicyclic) bond motifs is 1. The second-order valence-electron chi connectivity index (χ2n) is 10.5. The van der Waals surface area contributed by atoms with Crippen LogP contribution in [0.25, 0.3) is 0 Å². The molecule has 1 aliphatic heterocycles. The number of benzene rings is 2. The first kappa shape index (κ1) is 30.2. The molecular weight excluding hydrogens is 579 g/mol. The number of pyridine rings is 1. The Kier molecular flexibility index (Phi) is 8.30. The molecular formula is C29H28F7N7. The molecule has 0 saturated carbocycles. The number of nitrogens with zero attached hydrogens (tertiary/aromatic N) is 7. The van der Waals surface area contributed by atoms with E-state index in [1.54, 1.807) is 23.4 Å². The average molecular weight is 608 g/mol. The van der Waals surface area contributed by atoms with Gasteiger partial charge in [-0.2, -0.15) is 31.1 Å². The van der Waals surface area contributed by atoms with Crippen molar-refractivity contribution in [1.82, 2.24) is 25.2 Å². The highest BCUT2D eigenvalue weighted by molar-refractivity contribution is 5.62. The Hall–Kier alpha value is -4.23. The zero-order valence-electron chi connectivity index (χ0n) is 23.3. The maximum Gasteiger partial charge on any atom is 0.416 e. The van der Waals surface area contributed by atoms with E-state index in [0.717, 1.165) is 23.8 Å². The van der Waals surface area contributed by atoms with Crippen molar-refractivity contribution in [2.75, 3.05) is 16.3 Å². The van der Waals surface area contributed by atoms with Crippen molar-refractivity contribution in [3.8, 4) is 0 Å². The fourth-order valence-electron chi connectivity index (χ4n) is 5.52. The minimum absolute atomic E-state index is 0.00492. The van der Waals surface area contributed by atoms with E-state index in [0.29, 0.717) is 37.2 Å². The summed E-state index contributed by atoms with van der Waals surface area (Å²) >= 11 is 0. The second-order valence-corrected chi connectivity index (χ2v) is 10.5. The van der Waals surface area contributed by atoms with Gasteiger partial charge in [0.25, 0.3) is 5.95 Å². The summed E-state index contributed by atoms with van der Waals surface area (Å²) in [7, 11) is 1.52. The van der Waals surface area contributed by atoms with Gasteiger partial charge in [0.05, 0.1) is 24.2 Å². The van der Waals surface area contributed by atoms with Crippen LogP contribution in [0.1, 0.15) is 57.8 Å². The van der Waals surface area contributed by atoms with Gasteiger partial charge in [-0.25, -0.2) is 4.39 Å². The van der Waals surface area contributed by atoms with E-state index in [-0.39, 0.29) is 29.2 Å². The molecule has 0 saturated heterocycles. The van der Waals surface area contributed by atoms with Crippen LogP contribution in [0.4, 0.5) is 42.4 Å². The summed E-state index contributed by atoms with van der Waals surface area (Å²) < 4.78 is 97.0. The van der Waals surface area contributed by atoms with E-state index in [4.69, 9.17) is 0 Å². The zero-order chi connectivity index (χ0) is 30.9. The predicted octanol–water partition coefficient (Wildman–Crippen LogP) is 6.97. The Balaban J connectivity index is 1.65. The quantitative estimate of drug-likeness (QED) is 0.212. The first-order chi connectivity index (χ1) is 20.3. The van der Waals surface area contributed by atoms with E-state index < -0.39 is 36.2 Å². The molecule has 0 bridgehead atoms. The molecule has 2 aromatic heterocycles. The van der Waals surface area contributed by atoms with Crippen LogP contribution in [0.2, 0.25) is 0 Å². The van der Waals surface area contributed by atoms with Crippen molar-refractivity contribution in [3.05, 3.63) is 93.8 Å². The van der Waals surface area contributed by atoms with Crippen LogP contribution in [-0.4, -0.2) is 31.7 Å². The first-order valence-electron chi connectivity index (χ1n) is 13.5. The molecule has 228 valence electrons. The van der Waals surface area contributed by atoms with Crippen molar-refractivity contribution in [2.45, 2.75) is 57.9 Å². The van der Waals surface area contributed by atoms with E-state index in [1.807, 2.05) is 11.0 Å². The molecule has 0 amide bonds. The van der Waals surface area contributed by atoms with Gasteiger partial charge in [0.1, 0.15) is 6.67 Å². The summed E-state index contributed by atoms with van der Waals surface area (Å²) in [6.45, 7) is 0.813. The van der Waals surface area contributed by atoms with Gasteiger partial charge in [0.15, 0.2) is 0 Å². The minimum Gasteiger partial charge on any atom is -0.367 e. The van der Waals surface area contributed by atoms with E-state index in [1.165, 1.54) is 30.9 Å². The molecule has 0 unspecified atom stereocenters. The molecule has 1 atom stereocenters. The third kappa shape index (κ3) is 6.73. The second kappa shape index (κ2) is 11.8. The number of alkyl halides is 7. The number of hydrogen-bond donors (Lipinski definition) is 0. The number of rotatable bonds is 7. The van der Waals surface area contributed by atoms with Crippen LogP contribution in [-0.2, 0) is 39.2 Å². The molecule has 4 aromatic rings. The largest absolute Gasteiger partial charge is 0.416 e. The Morgan fingerprint density at radius 1 is 0.977 bits per heavy atom. The summed E-state index contributed by atoms with van der Waals surface area (Å²) in [6, 6.07) is 8.58. The molecule has 43 heavy (non-hydrogen) atoms. The summed E-state index contributed by atoms with van der Waals surface area (Å²) in [5.41, 5.74) is -0.0924. The van der Waals surface area contributed by atoms with Gasteiger partial charge in [0, 0.05) is 37.7 Å². The smallest absolute Gasteiger partial charge is 0.367 e. The van der Waals surface area contributed by atoms with Gasteiger partial charge in [-0.3, -0.25) is 4.98 Å². The van der Waals surface area contributed by atoms with Gasteiger partial charge in [-0.15, -0.1) is 5.10 Å². The first-order valence-corrected chi connectivity index (χ1v) is 13.5. The van der Waals surface area contributed by atoms with Crippen LogP contribution in [0.15, 0.2) is 54.9 Å². The number of aromatic nitrogens is 5. The van der Waals surface area contributed by atoms with Crippen molar-refractivity contribution in [3.63, 3.8) is 0 Å². The lowest BCUT2D eigenvalue weighted by molar-refractivity contribution is -0.138. The molecule has 0 radical (unpaired) electrons. The van der Waals surface area contributed by atoms with Gasteiger partial charge < -0.3 is 9.80 Å². The standard InChI is InChI=1S/C29H28F7N7/c1-18-9-23-25(6-4-8-42(16-19-5-3-7-37-15-19)26(23)13-24(18)29(34,35)36)43(27-38-40-41(2)39-27)17-21-10-20(14-30)11-22(12-21)28(31,32)33/h3,5,7,9-13,15,25H,4,6,8,14,16-17H2,1-2H3/t25-/m0/s1. The lowest BCUT2D eigenvalue weighted by Gasteiger charge is -2.33. The molecule has 1 aliphatic rings. The minimum atomic E-state index is -4.71. The molecule has 14 heteroatoms. The van der Waals surface area contributed by atoms with E-state index >= 15 is 0 Å². The van der Waals surface area contributed by atoms with Gasteiger partial charge in [-0.05, 0) is 77.1 Å².